The summed E-state index contributed by atoms with van der Waals surface area (Å²) >= 11 is 0. The molecule has 4 N–H and O–H groups in total. The predicted octanol–water partition coefficient (Wildman–Crippen LogP) is 0.133. The van der Waals surface area contributed by atoms with Crippen molar-refractivity contribution in [2.75, 3.05) is 0 Å². The molecule has 2 aromatic heterocycles. The number of hydrogen-bond acceptors (Lipinski definition) is 4. The molecule has 0 saturated heterocycles. The zero-order valence-corrected chi connectivity index (χ0v) is 9.42. The number of amides is 1. The number of aromatic nitrogens is 3. The van der Waals surface area contributed by atoms with Crippen molar-refractivity contribution in [3.05, 3.63) is 41.3 Å². The van der Waals surface area contributed by atoms with Gasteiger partial charge >= 0.3 is 0 Å². The molecule has 6 heteroatoms. The quantitative estimate of drug-likeness (QED) is 0.784. The van der Waals surface area contributed by atoms with Gasteiger partial charge in [0.25, 0.3) is 5.91 Å². The molecule has 0 spiro atoms. The first-order chi connectivity index (χ1) is 8.10. The maximum Gasteiger partial charge on any atom is 0.269 e. The van der Waals surface area contributed by atoms with Crippen LogP contribution < -0.4 is 11.5 Å². The van der Waals surface area contributed by atoms with Crippen LogP contribution in [-0.2, 0) is 6.54 Å². The van der Waals surface area contributed by atoms with Crippen molar-refractivity contribution in [2.45, 2.75) is 13.5 Å². The number of nitrogens with zero attached hydrogens (tertiary/aromatic N) is 3. The molecule has 0 radical (unpaired) electrons. The Morgan fingerprint density at radius 1 is 1.47 bits per heavy atom. The Bertz CT molecular complexity index is 561. The summed E-state index contributed by atoms with van der Waals surface area (Å²) in [7, 11) is 0. The summed E-state index contributed by atoms with van der Waals surface area (Å²) in [4.78, 5) is 15.3. The highest BCUT2D eigenvalue weighted by molar-refractivity contribution is 5.90. The zero-order chi connectivity index (χ0) is 12.4. The number of aryl methyl sites for hydroxylation is 1. The Balaban J connectivity index is 2.44. The SMILES string of the molecule is Cc1cc(CN)cc(-n2ccc(C(N)=O)n2)n1. The summed E-state index contributed by atoms with van der Waals surface area (Å²) in [5, 5.41) is 4.04. The molecule has 0 atom stereocenters. The molecule has 6 nitrogen and oxygen atoms in total. The minimum absolute atomic E-state index is 0.211. The normalized spacial score (nSPS) is 10.5. The molecule has 0 fully saturated rings. The van der Waals surface area contributed by atoms with Crippen molar-refractivity contribution in [3.63, 3.8) is 0 Å². The van der Waals surface area contributed by atoms with Crippen molar-refractivity contribution in [1.82, 2.24) is 14.8 Å². The highest BCUT2D eigenvalue weighted by Crippen LogP contribution is 2.09. The van der Waals surface area contributed by atoms with E-state index in [1.165, 1.54) is 4.68 Å². The van der Waals surface area contributed by atoms with E-state index in [0.717, 1.165) is 11.3 Å². The van der Waals surface area contributed by atoms with E-state index in [4.69, 9.17) is 11.5 Å². The summed E-state index contributed by atoms with van der Waals surface area (Å²) in [6.07, 6.45) is 1.64. The van der Waals surface area contributed by atoms with Gasteiger partial charge < -0.3 is 11.5 Å². The number of pyridine rings is 1. The molecule has 0 unspecified atom stereocenters. The highest BCUT2D eigenvalue weighted by Gasteiger charge is 2.07. The van der Waals surface area contributed by atoms with E-state index in [9.17, 15) is 4.79 Å². The largest absolute Gasteiger partial charge is 0.364 e. The van der Waals surface area contributed by atoms with Crippen LogP contribution in [0.3, 0.4) is 0 Å². The van der Waals surface area contributed by atoms with E-state index in [2.05, 4.69) is 10.1 Å². The number of carbonyl (C=O) groups is 1. The Kier molecular flexibility index (Phi) is 2.88. The first kappa shape index (κ1) is 11.3. The van der Waals surface area contributed by atoms with Crippen LogP contribution in [-0.4, -0.2) is 20.7 Å². The van der Waals surface area contributed by atoms with E-state index in [0.29, 0.717) is 12.4 Å². The van der Waals surface area contributed by atoms with Crippen molar-refractivity contribution >= 4 is 5.91 Å². The molecule has 0 saturated carbocycles. The van der Waals surface area contributed by atoms with Crippen molar-refractivity contribution in [2.24, 2.45) is 11.5 Å². The van der Waals surface area contributed by atoms with Crippen LogP contribution in [0.15, 0.2) is 24.4 Å². The first-order valence-corrected chi connectivity index (χ1v) is 5.13. The number of rotatable bonds is 3. The second kappa shape index (κ2) is 4.34. The topological polar surface area (TPSA) is 99.8 Å². The average molecular weight is 231 g/mol. The van der Waals surface area contributed by atoms with Gasteiger partial charge in [0.2, 0.25) is 0 Å². The second-order valence-corrected chi connectivity index (χ2v) is 3.69. The lowest BCUT2D eigenvalue weighted by Gasteiger charge is -2.04. The highest BCUT2D eigenvalue weighted by atomic mass is 16.1. The van der Waals surface area contributed by atoms with Gasteiger partial charge in [-0.2, -0.15) is 5.10 Å². The lowest BCUT2D eigenvalue weighted by atomic mass is 10.2. The van der Waals surface area contributed by atoms with Gasteiger partial charge in [-0.25, -0.2) is 9.67 Å². The maximum atomic E-state index is 10.9. The summed E-state index contributed by atoms with van der Waals surface area (Å²) in [5.41, 5.74) is 12.7. The van der Waals surface area contributed by atoms with Crippen LogP contribution in [0.1, 0.15) is 21.7 Å². The number of hydrogen-bond donors (Lipinski definition) is 2. The van der Waals surface area contributed by atoms with Gasteiger partial charge in [-0.15, -0.1) is 0 Å². The third-order valence-corrected chi connectivity index (χ3v) is 2.31. The van der Waals surface area contributed by atoms with Crippen LogP contribution >= 0.6 is 0 Å². The van der Waals surface area contributed by atoms with E-state index in [1.54, 1.807) is 12.3 Å². The number of carbonyl (C=O) groups excluding carboxylic acids is 1. The number of nitrogens with two attached hydrogens (primary N) is 2. The Morgan fingerprint density at radius 3 is 2.82 bits per heavy atom. The van der Waals surface area contributed by atoms with Gasteiger partial charge in [-0.3, -0.25) is 4.79 Å². The van der Waals surface area contributed by atoms with Gasteiger partial charge in [0.15, 0.2) is 5.82 Å². The molecular formula is C11H13N5O. The molecule has 0 aliphatic rings. The van der Waals surface area contributed by atoms with E-state index in [1.807, 2.05) is 19.1 Å². The third kappa shape index (κ3) is 2.31. The minimum atomic E-state index is -0.560. The minimum Gasteiger partial charge on any atom is -0.364 e. The molecule has 2 rings (SSSR count). The second-order valence-electron chi connectivity index (χ2n) is 3.69. The molecular weight excluding hydrogens is 218 g/mol. The molecule has 0 aliphatic carbocycles. The van der Waals surface area contributed by atoms with Gasteiger partial charge in [0.05, 0.1) is 0 Å². The third-order valence-electron chi connectivity index (χ3n) is 2.31. The Hall–Kier alpha value is -2.21. The predicted molar refractivity (Wildman–Crippen MR) is 62.5 cm³/mol. The monoisotopic (exact) mass is 231 g/mol. The Morgan fingerprint density at radius 2 is 2.24 bits per heavy atom. The lowest BCUT2D eigenvalue weighted by Crippen LogP contribution is -2.12. The molecule has 0 aromatic carbocycles. The van der Waals surface area contributed by atoms with Crippen molar-refractivity contribution in [3.8, 4) is 5.82 Å². The van der Waals surface area contributed by atoms with E-state index >= 15 is 0 Å². The molecule has 88 valence electrons. The lowest BCUT2D eigenvalue weighted by molar-refractivity contribution is 0.0995. The first-order valence-electron chi connectivity index (χ1n) is 5.13. The van der Waals surface area contributed by atoms with Crippen molar-refractivity contribution in [1.29, 1.82) is 0 Å². The number of primary amides is 1. The zero-order valence-electron chi connectivity index (χ0n) is 9.42. The fraction of sp³-hybridized carbons (Fsp3) is 0.182. The molecule has 17 heavy (non-hydrogen) atoms. The van der Waals surface area contributed by atoms with Gasteiger partial charge in [-0.05, 0) is 30.7 Å². The Labute approximate surface area is 98.3 Å². The van der Waals surface area contributed by atoms with Gasteiger partial charge in [0.1, 0.15) is 5.69 Å². The van der Waals surface area contributed by atoms with Crippen LogP contribution in [0.4, 0.5) is 0 Å². The van der Waals surface area contributed by atoms with Crippen LogP contribution in [0, 0.1) is 6.92 Å². The summed E-state index contributed by atoms with van der Waals surface area (Å²) in [6, 6.07) is 5.28. The molecule has 0 bridgehead atoms. The van der Waals surface area contributed by atoms with Gasteiger partial charge in [-0.1, -0.05) is 0 Å². The van der Waals surface area contributed by atoms with Crippen LogP contribution in [0.25, 0.3) is 5.82 Å². The fourth-order valence-corrected chi connectivity index (χ4v) is 1.54. The standard InChI is InChI=1S/C11H13N5O/c1-7-4-8(6-12)5-10(14-7)16-3-2-9(15-16)11(13)17/h2-5H,6,12H2,1H3,(H2,13,17). The summed E-state index contributed by atoms with van der Waals surface area (Å²) < 4.78 is 1.51. The van der Waals surface area contributed by atoms with Gasteiger partial charge in [0, 0.05) is 18.4 Å². The smallest absolute Gasteiger partial charge is 0.269 e. The summed E-state index contributed by atoms with van der Waals surface area (Å²) in [5.74, 6) is 0.0633. The van der Waals surface area contributed by atoms with Crippen molar-refractivity contribution < 1.29 is 4.79 Å². The van der Waals surface area contributed by atoms with E-state index in [-0.39, 0.29) is 5.69 Å². The molecule has 0 aliphatic heterocycles. The fourth-order valence-electron chi connectivity index (χ4n) is 1.54. The maximum absolute atomic E-state index is 10.9. The summed E-state index contributed by atoms with van der Waals surface area (Å²) in [6.45, 7) is 2.31. The average Bonchev–Trinajstić information content (AvgIpc) is 2.77. The van der Waals surface area contributed by atoms with Crippen LogP contribution in [0.5, 0.6) is 0 Å². The molecule has 2 heterocycles. The molecule has 1 amide bonds. The van der Waals surface area contributed by atoms with E-state index < -0.39 is 5.91 Å². The molecule has 2 aromatic rings. The van der Waals surface area contributed by atoms with Crippen LogP contribution in [0.2, 0.25) is 0 Å².